The van der Waals surface area contributed by atoms with Crippen LogP contribution in [0.15, 0.2) is 35.5 Å². The molecule has 130 valence electrons. The number of aryl methyl sites for hydroxylation is 2. The van der Waals surface area contributed by atoms with Crippen LogP contribution in [0.1, 0.15) is 17.0 Å². The molecule has 25 heavy (non-hydrogen) atoms. The van der Waals surface area contributed by atoms with Gasteiger partial charge in [0.15, 0.2) is 5.16 Å². The molecule has 1 amide bonds. The van der Waals surface area contributed by atoms with Crippen molar-refractivity contribution in [2.75, 3.05) is 12.3 Å². The van der Waals surface area contributed by atoms with Crippen LogP contribution in [0.4, 0.5) is 4.39 Å². The number of nitrogens with one attached hydrogen (secondary N) is 1. The lowest BCUT2D eigenvalue weighted by atomic mass is 10.1. The molecule has 2 heterocycles. The van der Waals surface area contributed by atoms with Crippen LogP contribution in [0, 0.1) is 19.7 Å². The summed E-state index contributed by atoms with van der Waals surface area (Å²) in [4.78, 5) is 16.3. The monoisotopic (exact) mass is 359 g/mol. The fourth-order valence-corrected chi connectivity index (χ4v) is 3.29. The Hall–Kier alpha value is -2.48. The lowest BCUT2D eigenvalue weighted by Gasteiger charge is -2.06. The second-order valence-electron chi connectivity index (χ2n) is 5.67. The summed E-state index contributed by atoms with van der Waals surface area (Å²) in [5.74, 6) is 0.445. The Kier molecular flexibility index (Phi) is 5.28. The predicted molar refractivity (Wildman–Crippen MR) is 94.1 cm³/mol. The summed E-state index contributed by atoms with van der Waals surface area (Å²) in [6, 6.07) is 8.22. The molecule has 3 rings (SSSR count). The zero-order chi connectivity index (χ0) is 17.8. The lowest BCUT2D eigenvalue weighted by molar-refractivity contribution is -0.118. The van der Waals surface area contributed by atoms with Gasteiger partial charge in [-0.05, 0) is 44.0 Å². The first kappa shape index (κ1) is 17.3. The number of carbonyl (C=O) groups excluding carboxylic acids is 1. The zero-order valence-corrected chi connectivity index (χ0v) is 14.8. The first-order valence-corrected chi connectivity index (χ1v) is 8.85. The van der Waals surface area contributed by atoms with E-state index in [1.165, 1.54) is 23.9 Å². The van der Waals surface area contributed by atoms with Gasteiger partial charge in [0.2, 0.25) is 5.91 Å². The van der Waals surface area contributed by atoms with Crippen molar-refractivity contribution in [1.29, 1.82) is 0 Å². The third-order valence-corrected chi connectivity index (χ3v) is 4.57. The number of hydrogen-bond donors (Lipinski definition) is 1. The summed E-state index contributed by atoms with van der Waals surface area (Å²) >= 11 is 1.32. The molecule has 0 unspecified atom stereocenters. The van der Waals surface area contributed by atoms with Crippen molar-refractivity contribution in [2.45, 2.75) is 25.4 Å². The fourth-order valence-electron chi connectivity index (χ4n) is 2.47. The van der Waals surface area contributed by atoms with Crippen LogP contribution in [0.2, 0.25) is 0 Å². The molecule has 1 aromatic carbocycles. The Bertz CT molecular complexity index is 894. The number of aromatic nitrogens is 4. The van der Waals surface area contributed by atoms with Gasteiger partial charge in [-0.3, -0.25) is 9.20 Å². The van der Waals surface area contributed by atoms with E-state index in [-0.39, 0.29) is 17.5 Å². The van der Waals surface area contributed by atoms with Crippen LogP contribution in [0.5, 0.6) is 0 Å². The molecular formula is C17H18FN5OS. The van der Waals surface area contributed by atoms with E-state index in [0.29, 0.717) is 23.9 Å². The Morgan fingerprint density at radius 3 is 2.76 bits per heavy atom. The van der Waals surface area contributed by atoms with Gasteiger partial charge < -0.3 is 5.32 Å². The minimum absolute atomic E-state index is 0.0819. The standard InChI is InChI=1S/C17H18FN5OS/c1-11-9-12(2)23-16(20-11)21-22-17(23)25-10-15(24)19-8-7-13-3-5-14(18)6-4-13/h3-6,9H,7-8,10H2,1-2H3,(H,19,24). The molecule has 0 atom stereocenters. The Morgan fingerprint density at radius 2 is 2.00 bits per heavy atom. The summed E-state index contributed by atoms with van der Waals surface area (Å²) in [5, 5.41) is 11.6. The number of amides is 1. The van der Waals surface area contributed by atoms with Crippen molar-refractivity contribution in [3.05, 3.63) is 53.1 Å². The molecule has 8 heteroatoms. The molecule has 0 aliphatic heterocycles. The van der Waals surface area contributed by atoms with Crippen LogP contribution in [-0.2, 0) is 11.2 Å². The van der Waals surface area contributed by atoms with E-state index >= 15 is 0 Å². The van der Waals surface area contributed by atoms with Gasteiger partial charge in [0, 0.05) is 17.9 Å². The minimum atomic E-state index is -0.260. The Balaban J connectivity index is 1.51. The zero-order valence-electron chi connectivity index (χ0n) is 14.0. The molecule has 2 aromatic heterocycles. The molecule has 0 fully saturated rings. The van der Waals surface area contributed by atoms with Crippen molar-refractivity contribution in [2.24, 2.45) is 0 Å². The molecule has 3 aromatic rings. The Labute approximate surface area is 148 Å². The molecule has 0 spiro atoms. The summed E-state index contributed by atoms with van der Waals surface area (Å²) < 4.78 is 14.7. The van der Waals surface area contributed by atoms with E-state index in [1.54, 1.807) is 12.1 Å². The largest absolute Gasteiger partial charge is 0.355 e. The summed E-state index contributed by atoms with van der Waals surface area (Å²) in [6.07, 6.45) is 0.660. The summed E-state index contributed by atoms with van der Waals surface area (Å²) in [5.41, 5.74) is 2.84. The molecule has 0 aliphatic carbocycles. The van der Waals surface area contributed by atoms with Gasteiger partial charge in [-0.1, -0.05) is 23.9 Å². The molecule has 0 saturated heterocycles. The minimum Gasteiger partial charge on any atom is -0.355 e. The quantitative estimate of drug-likeness (QED) is 0.684. The van der Waals surface area contributed by atoms with Crippen molar-refractivity contribution in [3.8, 4) is 0 Å². The predicted octanol–water partition coefficient (Wildman–Crippen LogP) is 2.33. The van der Waals surface area contributed by atoms with Gasteiger partial charge in [-0.25, -0.2) is 9.37 Å². The fraction of sp³-hybridized carbons (Fsp3) is 0.294. The number of halogens is 1. The van der Waals surface area contributed by atoms with Crippen LogP contribution < -0.4 is 5.32 Å². The maximum Gasteiger partial charge on any atom is 0.256 e. The van der Waals surface area contributed by atoms with Crippen molar-refractivity contribution in [1.82, 2.24) is 24.9 Å². The highest BCUT2D eigenvalue weighted by molar-refractivity contribution is 7.99. The first-order chi connectivity index (χ1) is 12.0. The van der Waals surface area contributed by atoms with Crippen LogP contribution in [0.25, 0.3) is 5.78 Å². The third kappa shape index (κ3) is 4.33. The highest BCUT2D eigenvalue weighted by Gasteiger charge is 2.12. The van der Waals surface area contributed by atoms with E-state index in [9.17, 15) is 9.18 Å². The number of nitrogens with zero attached hydrogens (tertiary/aromatic N) is 4. The number of carbonyl (C=O) groups is 1. The maximum absolute atomic E-state index is 12.8. The average molecular weight is 359 g/mol. The number of hydrogen-bond acceptors (Lipinski definition) is 5. The number of fused-ring (bicyclic) bond motifs is 1. The highest BCUT2D eigenvalue weighted by Crippen LogP contribution is 2.18. The second-order valence-corrected chi connectivity index (χ2v) is 6.61. The van der Waals surface area contributed by atoms with Gasteiger partial charge in [0.1, 0.15) is 5.82 Å². The van der Waals surface area contributed by atoms with Gasteiger partial charge in [-0.2, -0.15) is 0 Å². The summed E-state index contributed by atoms with van der Waals surface area (Å²) in [7, 11) is 0. The number of thioether (sulfide) groups is 1. The van der Waals surface area contributed by atoms with Gasteiger partial charge in [0.05, 0.1) is 5.75 Å². The van der Waals surface area contributed by atoms with Gasteiger partial charge in [0.25, 0.3) is 5.78 Å². The first-order valence-electron chi connectivity index (χ1n) is 7.86. The molecule has 6 nitrogen and oxygen atoms in total. The van der Waals surface area contributed by atoms with E-state index < -0.39 is 0 Å². The van der Waals surface area contributed by atoms with Crippen molar-refractivity contribution < 1.29 is 9.18 Å². The van der Waals surface area contributed by atoms with Crippen LogP contribution >= 0.6 is 11.8 Å². The molecule has 0 saturated carbocycles. The van der Waals surface area contributed by atoms with E-state index in [2.05, 4.69) is 20.5 Å². The van der Waals surface area contributed by atoms with Gasteiger partial charge in [-0.15, -0.1) is 10.2 Å². The van der Waals surface area contributed by atoms with Gasteiger partial charge >= 0.3 is 0 Å². The highest BCUT2D eigenvalue weighted by atomic mass is 32.2. The smallest absolute Gasteiger partial charge is 0.256 e. The molecular weight excluding hydrogens is 341 g/mol. The molecule has 0 bridgehead atoms. The number of benzene rings is 1. The average Bonchev–Trinajstić information content (AvgIpc) is 2.98. The maximum atomic E-state index is 12.8. The van der Waals surface area contributed by atoms with Crippen molar-refractivity contribution in [3.63, 3.8) is 0 Å². The number of rotatable bonds is 6. The molecule has 1 N–H and O–H groups in total. The second kappa shape index (κ2) is 7.60. The van der Waals surface area contributed by atoms with Crippen molar-refractivity contribution >= 4 is 23.4 Å². The van der Waals surface area contributed by atoms with Crippen LogP contribution in [0.3, 0.4) is 0 Å². The molecule has 0 radical (unpaired) electrons. The van der Waals surface area contributed by atoms with E-state index in [0.717, 1.165) is 17.0 Å². The molecule has 0 aliphatic rings. The lowest BCUT2D eigenvalue weighted by Crippen LogP contribution is -2.27. The topological polar surface area (TPSA) is 72.2 Å². The third-order valence-electron chi connectivity index (χ3n) is 3.64. The summed E-state index contributed by atoms with van der Waals surface area (Å²) in [6.45, 7) is 4.37. The van der Waals surface area contributed by atoms with E-state index in [1.807, 2.05) is 24.3 Å². The van der Waals surface area contributed by atoms with Crippen LogP contribution in [-0.4, -0.2) is 37.8 Å². The SMILES string of the molecule is Cc1cc(C)n2c(SCC(=O)NCCc3ccc(F)cc3)nnc2n1. The normalized spacial score (nSPS) is 11.0. The Morgan fingerprint density at radius 1 is 1.24 bits per heavy atom. The van der Waals surface area contributed by atoms with E-state index in [4.69, 9.17) is 0 Å².